The Morgan fingerprint density at radius 1 is 1.07 bits per heavy atom. The topological polar surface area (TPSA) is 0 Å². The number of hydrogen-bond donors (Lipinski definition) is 0. The van der Waals surface area contributed by atoms with Crippen LogP contribution < -0.4 is 0 Å². The Balaban J connectivity index is 2.06. The molecule has 0 aromatic heterocycles. The summed E-state index contributed by atoms with van der Waals surface area (Å²) in [6, 6.07) is 5.81. The second-order valence-electron chi connectivity index (χ2n) is 4.56. The molecule has 0 N–H and O–H groups in total. The van der Waals surface area contributed by atoms with Crippen molar-refractivity contribution in [1.82, 2.24) is 0 Å². The number of hydrogen-bond acceptors (Lipinski definition) is 0. The second kappa shape index (κ2) is 2.80. The lowest BCUT2D eigenvalue weighted by molar-refractivity contribution is 0.0222. The molecule has 2 bridgehead atoms. The number of benzene rings is 1. The Morgan fingerprint density at radius 3 is 2.00 bits per heavy atom. The molecule has 0 unspecified atom stereocenters. The predicted octanol–water partition coefficient (Wildman–Crippen LogP) is 4.60. The largest absolute Gasteiger partial charge is 0.0840 e. The molecule has 3 saturated carbocycles. The Hall–Kier alpha value is 0.530. The maximum absolute atomic E-state index is 6.21. The first kappa shape index (κ1) is 9.73. The minimum Gasteiger partial charge on any atom is -0.0840 e. The smallest absolute Gasteiger partial charge is 0.0458 e. The van der Waals surface area contributed by atoms with Gasteiger partial charge >= 0.3 is 0 Å². The van der Waals surface area contributed by atoms with Crippen LogP contribution in [0.1, 0.15) is 24.8 Å². The second-order valence-corrected chi connectivity index (χ2v) is 7.66. The van der Waals surface area contributed by atoms with Crippen LogP contribution in [0.4, 0.5) is 0 Å². The molecule has 0 spiro atoms. The highest BCUT2D eigenvalue weighted by Gasteiger charge is 2.68. The van der Waals surface area contributed by atoms with E-state index >= 15 is 0 Å². The fourth-order valence-corrected chi connectivity index (χ4v) is 5.92. The zero-order valence-electron chi connectivity index (χ0n) is 7.49. The Bertz CT molecular complexity index is 374. The normalized spacial score (nSPS) is 38.8. The molecule has 3 heteroatoms. The number of rotatable bonds is 1. The van der Waals surface area contributed by atoms with E-state index in [0.29, 0.717) is 8.84 Å². The molecule has 1 aromatic rings. The Kier molecular flexibility index (Phi) is 1.95. The van der Waals surface area contributed by atoms with Crippen LogP contribution in [0.15, 0.2) is 18.2 Å². The van der Waals surface area contributed by atoms with E-state index in [1.54, 1.807) is 0 Å². The van der Waals surface area contributed by atoms with Crippen LogP contribution in [0.5, 0.6) is 0 Å². The molecule has 0 atom stereocenters. The summed E-state index contributed by atoms with van der Waals surface area (Å²) in [6.45, 7) is 0. The van der Waals surface area contributed by atoms with Crippen molar-refractivity contribution in [2.45, 2.75) is 28.1 Å². The summed E-state index contributed by atoms with van der Waals surface area (Å²) in [6.07, 6.45) is 3.76. The lowest BCUT2D eigenvalue weighted by Gasteiger charge is -2.68. The van der Waals surface area contributed by atoms with Crippen LogP contribution in [0.3, 0.4) is 0 Å². The van der Waals surface area contributed by atoms with Crippen molar-refractivity contribution in [2.75, 3.05) is 0 Å². The molecule has 1 aromatic carbocycles. The first-order chi connectivity index (χ1) is 6.55. The fraction of sp³-hybridized carbons (Fsp3) is 0.455. The Morgan fingerprint density at radius 2 is 1.57 bits per heavy atom. The van der Waals surface area contributed by atoms with Gasteiger partial charge in [-0.25, -0.2) is 0 Å². The van der Waals surface area contributed by atoms with Crippen LogP contribution >= 0.6 is 45.8 Å². The van der Waals surface area contributed by atoms with Gasteiger partial charge in [0.05, 0.1) is 0 Å². The number of halogens is 3. The lowest BCUT2D eigenvalue weighted by Crippen LogP contribution is -2.66. The van der Waals surface area contributed by atoms with Crippen LogP contribution in [0.2, 0.25) is 10.0 Å². The van der Waals surface area contributed by atoms with Crippen LogP contribution in [0, 0.1) is 0 Å². The van der Waals surface area contributed by atoms with E-state index in [0.717, 1.165) is 10.0 Å². The average Bonchev–Trinajstić information content (AvgIpc) is 1.98. The summed E-state index contributed by atoms with van der Waals surface area (Å²) in [4.78, 5) is 0. The van der Waals surface area contributed by atoms with Gasteiger partial charge in [0, 0.05) is 18.9 Å². The van der Waals surface area contributed by atoms with Gasteiger partial charge in [0.1, 0.15) is 0 Å². The third kappa shape index (κ3) is 1.12. The monoisotopic (exact) mass is 338 g/mol. The van der Waals surface area contributed by atoms with E-state index in [-0.39, 0.29) is 0 Å². The van der Waals surface area contributed by atoms with Crippen molar-refractivity contribution in [2.24, 2.45) is 0 Å². The summed E-state index contributed by atoms with van der Waals surface area (Å²) >= 11 is 15.0. The minimum absolute atomic E-state index is 0.330. The van der Waals surface area contributed by atoms with Gasteiger partial charge in [-0.1, -0.05) is 51.9 Å². The molecule has 0 heterocycles. The van der Waals surface area contributed by atoms with Gasteiger partial charge in [0.25, 0.3) is 0 Å². The SMILES string of the molecule is Clc1cccc(Cl)c1C12CC(I)(C1)C2. The maximum Gasteiger partial charge on any atom is 0.0458 e. The molecular weight excluding hydrogens is 330 g/mol. The van der Waals surface area contributed by atoms with E-state index in [4.69, 9.17) is 23.2 Å². The van der Waals surface area contributed by atoms with Crippen molar-refractivity contribution in [3.05, 3.63) is 33.8 Å². The first-order valence-corrected chi connectivity index (χ1v) is 6.52. The van der Waals surface area contributed by atoms with E-state index in [9.17, 15) is 0 Å². The zero-order valence-corrected chi connectivity index (χ0v) is 11.2. The lowest BCUT2D eigenvalue weighted by atomic mass is 9.42. The van der Waals surface area contributed by atoms with Crippen molar-refractivity contribution in [1.29, 1.82) is 0 Å². The van der Waals surface area contributed by atoms with Crippen LogP contribution in [0.25, 0.3) is 0 Å². The third-order valence-corrected chi connectivity index (χ3v) is 5.23. The van der Waals surface area contributed by atoms with Crippen LogP contribution in [-0.2, 0) is 5.41 Å². The summed E-state index contributed by atoms with van der Waals surface area (Å²) in [5, 5.41) is 1.69. The van der Waals surface area contributed by atoms with Gasteiger partial charge in [-0.05, 0) is 37.0 Å². The molecule has 4 rings (SSSR count). The Labute approximate surface area is 107 Å². The molecular formula is C11H9Cl2I. The van der Waals surface area contributed by atoms with Crippen molar-refractivity contribution < 1.29 is 0 Å². The molecule has 0 nitrogen and oxygen atoms in total. The summed E-state index contributed by atoms with van der Waals surface area (Å²) in [5.74, 6) is 0. The van der Waals surface area contributed by atoms with E-state index < -0.39 is 0 Å². The summed E-state index contributed by atoms with van der Waals surface area (Å²) < 4.78 is 0.570. The van der Waals surface area contributed by atoms with Gasteiger partial charge in [-0.2, -0.15) is 0 Å². The third-order valence-electron chi connectivity index (χ3n) is 3.46. The summed E-state index contributed by atoms with van der Waals surface area (Å²) in [5.41, 5.74) is 1.53. The first-order valence-electron chi connectivity index (χ1n) is 4.68. The molecule has 0 radical (unpaired) electrons. The minimum atomic E-state index is 0.330. The predicted molar refractivity (Wildman–Crippen MR) is 68.7 cm³/mol. The van der Waals surface area contributed by atoms with E-state index in [1.165, 1.54) is 24.8 Å². The van der Waals surface area contributed by atoms with Gasteiger partial charge < -0.3 is 0 Å². The zero-order chi connectivity index (χ0) is 9.97. The maximum atomic E-state index is 6.21. The van der Waals surface area contributed by atoms with E-state index in [2.05, 4.69) is 22.6 Å². The number of alkyl halides is 1. The molecule has 0 saturated heterocycles. The standard InChI is InChI=1S/C11H9Cl2I/c12-7-2-1-3-8(13)9(7)10-4-11(14,5-10)6-10/h1-3H,4-6H2. The highest BCUT2D eigenvalue weighted by Crippen LogP contribution is 2.73. The molecule has 3 aliphatic rings. The molecule has 0 aliphatic heterocycles. The van der Waals surface area contributed by atoms with E-state index in [1.807, 2.05) is 18.2 Å². The molecule has 3 aliphatic carbocycles. The van der Waals surface area contributed by atoms with Gasteiger partial charge in [0.2, 0.25) is 0 Å². The van der Waals surface area contributed by atoms with Gasteiger partial charge in [0.15, 0.2) is 0 Å². The van der Waals surface area contributed by atoms with Gasteiger partial charge in [-0.3, -0.25) is 0 Å². The highest BCUT2D eigenvalue weighted by atomic mass is 127. The summed E-state index contributed by atoms with van der Waals surface area (Å²) in [7, 11) is 0. The van der Waals surface area contributed by atoms with Crippen molar-refractivity contribution >= 4 is 45.8 Å². The highest BCUT2D eigenvalue weighted by molar-refractivity contribution is 14.1. The quantitative estimate of drug-likeness (QED) is 0.518. The van der Waals surface area contributed by atoms with Crippen LogP contribution in [-0.4, -0.2) is 3.42 Å². The molecule has 3 fully saturated rings. The van der Waals surface area contributed by atoms with Crippen molar-refractivity contribution in [3.8, 4) is 0 Å². The molecule has 14 heavy (non-hydrogen) atoms. The molecule has 74 valence electrons. The average molecular weight is 339 g/mol. The van der Waals surface area contributed by atoms with Crippen molar-refractivity contribution in [3.63, 3.8) is 0 Å². The fourth-order valence-electron chi connectivity index (χ4n) is 2.93. The molecule has 0 amide bonds. The van der Waals surface area contributed by atoms with Gasteiger partial charge in [-0.15, -0.1) is 0 Å².